The minimum absolute atomic E-state index is 0.0869. The van der Waals surface area contributed by atoms with E-state index in [9.17, 15) is 4.79 Å². The zero-order chi connectivity index (χ0) is 22.1. The first kappa shape index (κ1) is 21.1. The molecule has 1 saturated heterocycles. The number of pyridine rings is 1. The molecule has 5 rings (SSSR count). The van der Waals surface area contributed by atoms with Crippen LogP contribution in [0.4, 0.5) is 0 Å². The van der Waals surface area contributed by atoms with Gasteiger partial charge in [0.1, 0.15) is 6.54 Å². The molecule has 0 spiro atoms. The van der Waals surface area contributed by atoms with Crippen LogP contribution in [0.3, 0.4) is 0 Å². The number of carbonyl (C=O) groups is 1. The molecule has 0 bridgehead atoms. The molecule has 0 atom stereocenters. The maximum atomic E-state index is 13.0. The van der Waals surface area contributed by atoms with E-state index in [4.69, 9.17) is 11.6 Å². The number of halogens is 1. The van der Waals surface area contributed by atoms with E-state index in [1.54, 1.807) is 22.2 Å². The van der Waals surface area contributed by atoms with Crippen molar-refractivity contribution in [2.75, 3.05) is 26.2 Å². The monoisotopic (exact) mass is 465 g/mol. The first-order valence-electron chi connectivity index (χ1n) is 10.7. The normalized spacial score (nSPS) is 14.9. The minimum Gasteiger partial charge on any atom is -0.339 e. The average molecular weight is 466 g/mol. The van der Waals surface area contributed by atoms with Crippen molar-refractivity contribution in [3.63, 3.8) is 0 Å². The van der Waals surface area contributed by atoms with Crippen LogP contribution in [-0.4, -0.2) is 56.7 Å². The van der Waals surface area contributed by atoms with E-state index in [0.29, 0.717) is 0 Å². The number of piperazine rings is 1. The van der Waals surface area contributed by atoms with Gasteiger partial charge in [-0.3, -0.25) is 9.69 Å². The van der Waals surface area contributed by atoms with Gasteiger partial charge in [0.2, 0.25) is 5.91 Å². The van der Waals surface area contributed by atoms with Crippen molar-refractivity contribution < 1.29 is 4.79 Å². The van der Waals surface area contributed by atoms with E-state index in [1.165, 1.54) is 10.4 Å². The summed E-state index contributed by atoms with van der Waals surface area (Å²) < 4.78 is 1.75. The van der Waals surface area contributed by atoms with Gasteiger partial charge < -0.3 is 4.90 Å². The Hall–Kier alpha value is -2.74. The first-order chi connectivity index (χ1) is 15.6. The second-order valence-corrected chi connectivity index (χ2v) is 9.45. The summed E-state index contributed by atoms with van der Waals surface area (Å²) in [5, 5.41) is 8.51. The summed E-state index contributed by atoms with van der Waals surface area (Å²) in [4.78, 5) is 23.1. The molecule has 0 N–H and O–H groups in total. The van der Waals surface area contributed by atoms with E-state index in [-0.39, 0.29) is 12.5 Å². The fourth-order valence-corrected chi connectivity index (χ4v) is 5.14. The minimum atomic E-state index is 0.0869. The van der Waals surface area contributed by atoms with E-state index in [2.05, 4.69) is 38.6 Å². The molecule has 1 aliphatic heterocycles. The van der Waals surface area contributed by atoms with Crippen molar-refractivity contribution >= 4 is 39.9 Å². The molecule has 1 aromatic carbocycles. The van der Waals surface area contributed by atoms with Crippen molar-refractivity contribution in [1.82, 2.24) is 24.6 Å². The fourth-order valence-electron chi connectivity index (χ4n) is 4.26. The Labute approximate surface area is 196 Å². The van der Waals surface area contributed by atoms with Gasteiger partial charge in [-0.2, -0.15) is 5.10 Å². The molecule has 8 heteroatoms. The van der Waals surface area contributed by atoms with Gasteiger partial charge in [-0.25, -0.2) is 9.67 Å². The highest BCUT2D eigenvalue weighted by molar-refractivity contribution is 7.13. The number of amides is 1. The van der Waals surface area contributed by atoms with Gasteiger partial charge in [0.25, 0.3) is 0 Å². The Kier molecular flexibility index (Phi) is 5.95. The highest BCUT2D eigenvalue weighted by Gasteiger charge is 2.23. The van der Waals surface area contributed by atoms with Crippen molar-refractivity contribution in [2.45, 2.75) is 20.0 Å². The molecule has 6 nitrogen and oxygen atoms in total. The van der Waals surface area contributed by atoms with Crippen LogP contribution >= 0.6 is 22.9 Å². The number of aryl methyl sites for hydroxylation is 1. The second kappa shape index (κ2) is 9.02. The smallest absolute Gasteiger partial charge is 0.244 e. The topological polar surface area (TPSA) is 54.3 Å². The van der Waals surface area contributed by atoms with E-state index in [1.807, 2.05) is 36.1 Å². The highest BCUT2D eigenvalue weighted by atomic mass is 35.5. The van der Waals surface area contributed by atoms with Crippen molar-refractivity contribution in [3.05, 3.63) is 70.3 Å². The Morgan fingerprint density at radius 2 is 1.88 bits per heavy atom. The summed E-state index contributed by atoms with van der Waals surface area (Å²) in [5.74, 6) is 0.0869. The van der Waals surface area contributed by atoms with Gasteiger partial charge in [0.15, 0.2) is 5.65 Å². The van der Waals surface area contributed by atoms with Gasteiger partial charge in [0, 0.05) is 54.4 Å². The van der Waals surface area contributed by atoms with Crippen LogP contribution in [-0.2, 0) is 17.9 Å². The van der Waals surface area contributed by atoms with Crippen LogP contribution in [0, 0.1) is 6.92 Å². The highest BCUT2D eigenvalue weighted by Crippen LogP contribution is 2.32. The molecule has 0 saturated carbocycles. The van der Waals surface area contributed by atoms with Crippen molar-refractivity contribution in [2.24, 2.45) is 0 Å². The zero-order valence-electron chi connectivity index (χ0n) is 17.9. The molecule has 164 valence electrons. The summed E-state index contributed by atoms with van der Waals surface area (Å²) in [6.07, 6.45) is 1.80. The number of carbonyl (C=O) groups excluding carboxylic acids is 1. The van der Waals surface area contributed by atoms with Gasteiger partial charge in [0.05, 0.1) is 11.1 Å². The quantitative estimate of drug-likeness (QED) is 0.436. The molecule has 1 amide bonds. The fraction of sp³-hybridized carbons (Fsp3) is 0.292. The first-order valence-corrected chi connectivity index (χ1v) is 11.9. The number of nitrogens with zero attached hydrogens (tertiary/aromatic N) is 5. The van der Waals surface area contributed by atoms with Gasteiger partial charge in [-0.05, 0) is 42.1 Å². The molecular weight excluding hydrogens is 442 g/mol. The average Bonchev–Trinajstić information content (AvgIpc) is 3.45. The lowest BCUT2D eigenvalue weighted by molar-refractivity contribution is -0.133. The van der Waals surface area contributed by atoms with Crippen LogP contribution in [0.25, 0.3) is 21.5 Å². The van der Waals surface area contributed by atoms with Crippen LogP contribution in [0.15, 0.2) is 54.0 Å². The third-order valence-electron chi connectivity index (χ3n) is 5.92. The molecule has 32 heavy (non-hydrogen) atoms. The molecule has 4 heterocycles. The number of rotatable bonds is 5. The molecule has 1 fully saturated rings. The largest absolute Gasteiger partial charge is 0.339 e. The molecule has 3 aromatic heterocycles. The Morgan fingerprint density at radius 3 is 2.59 bits per heavy atom. The molecule has 4 aromatic rings. The second-order valence-electron chi connectivity index (χ2n) is 8.06. The van der Waals surface area contributed by atoms with E-state index >= 15 is 0 Å². The Balaban J connectivity index is 1.26. The van der Waals surface area contributed by atoms with Crippen LogP contribution < -0.4 is 0 Å². The van der Waals surface area contributed by atoms with Crippen molar-refractivity contribution in [1.29, 1.82) is 0 Å². The van der Waals surface area contributed by atoms with Crippen LogP contribution in [0.5, 0.6) is 0 Å². The SMILES string of the molecule is Cc1nn(CC(=O)N2CCN(Cc3ccc(Cl)cc3)CC2)c2nccc(-c3cccs3)c12. The molecule has 1 aliphatic rings. The van der Waals surface area contributed by atoms with E-state index < -0.39 is 0 Å². The Morgan fingerprint density at radius 1 is 1.09 bits per heavy atom. The summed E-state index contributed by atoms with van der Waals surface area (Å²) in [6, 6.07) is 14.1. The van der Waals surface area contributed by atoms with Gasteiger partial charge in [-0.1, -0.05) is 29.8 Å². The summed E-state index contributed by atoms with van der Waals surface area (Å²) >= 11 is 7.67. The summed E-state index contributed by atoms with van der Waals surface area (Å²) in [7, 11) is 0. The predicted molar refractivity (Wildman–Crippen MR) is 129 cm³/mol. The summed E-state index contributed by atoms with van der Waals surface area (Å²) in [6.45, 7) is 6.22. The third kappa shape index (κ3) is 4.28. The maximum absolute atomic E-state index is 13.0. The number of aromatic nitrogens is 3. The molecule has 0 unspecified atom stereocenters. The molecule has 0 radical (unpaired) electrons. The number of hydrogen-bond donors (Lipinski definition) is 0. The number of hydrogen-bond acceptors (Lipinski definition) is 5. The molecule has 0 aliphatic carbocycles. The summed E-state index contributed by atoms with van der Waals surface area (Å²) in [5.41, 5.74) is 4.03. The molecular formula is C24H24ClN5OS. The number of thiophene rings is 1. The van der Waals surface area contributed by atoms with Crippen LogP contribution in [0.1, 0.15) is 11.3 Å². The van der Waals surface area contributed by atoms with Gasteiger partial charge in [-0.15, -0.1) is 11.3 Å². The third-order valence-corrected chi connectivity index (χ3v) is 7.08. The number of fused-ring (bicyclic) bond motifs is 1. The lowest BCUT2D eigenvalue weighted by Gasteiger charge is -2.34. The van der Waals surface area contributed by atoms with Crippen LogP contribution in [0.2, 0.25) is 5.02 Å². The number of benzene rings is 1. The van der Waals surface area contributed by atoms with E-state index in [0.717, 1.165) is 60.0 Å². The maximum Gasteiger partial charge on any atom is 0.244 e. The zero-order valence-corrected chi connectivity index (χ0v) is 19.4. The van der Waals surface area contributed by atoms with Crippen molar-refractivity contribution in [3.8, 4) is 10.4 Å². The predicted octanol–water partition coefficient (Wildman–Crippen LogP) is 4.47. The Bertz CT molecular complexity index is 1230. The standard InChI is InChI=1S/C24H24ClN5OS/c1-17-23-20(21-3-2-14-32-21)8-9-26-24(23)30(27-17)16-22(31)29-12-10-28(11-13-29)15-18-4-6-19(25)7-5-18/h2-9,14H,10-13,15-16H2,1H3. The lowest BCUT2D eigenvalue weighted by Crippen LogP contribution is -2.49. The van der Waals surface area contributed by atoms with Gasteiger partial charge >= 0.3 is 0 Å². The lowest BCUT2D eigenvalue weighted by atomic mass is 10.1.